The summed E-state index contributed by atoms with van der Waals surface area (Å²) in [5, 5.41) is 2.17. The van der Waals surface area contributed by atoms with Crippen LogP contribution in [0, 0.1) is 0 Å². The van der Waals surface area contributed by atoms with Crippen LogP contribution < -0.4 is 16.0 Å². The van der Waals surface area contributed by atoms with E-state index in [2.05, 4.69) is 5.32 Å². The summed E-state index contributed by atoms with van der Waals surface area (Å²) in [6.45, 7) is 1.07. The van der Waals surface area contributed by atoms with Crippen molar-refractivity contribution >= 4 is 29.3 Å². The van der Waals surface area contributed by atoms with Crippen LogP contribution in [0.2, 0.25) is 0 Å². The first kappa shape index (κ1) is 16.1. The van der Waals surface area contributed by atoms with E-state index >= 15 is 0 Å². The topological polar surface area (TPSA) is 113 Å². The zero-order chi connectivity index (χ0) is 17.4. The fourth-order valence-electron chi connectivity index (χ4n) is 3.02. The Morgan fingerprint density at radius 1 is 1.21 bits per heavy atom. The van der Waals surface area contributed by atoms with Crippen molar-refractivity contribution in [3.63, 3.8) is 0 Å². The van der Waals surface area contributed by atoms with Crippen molar-refractivity contribution in [2.45, 2.75) is 18.9 Å². The Labute approximate surface area is 138 Å². The second-order valence-corrected chi connectivity index (χ2v) is 5.89. The first-order valence-corrected chi connectivity index (χ1v) is 7.71. The van der Waals surface area contributed by atoms with E-state index in [0.717, 1.165) is 10.6 Å². The minimum atomic E-state index is -0.944. The molecule has 0 radical (unpaired) electrons. The zero-order valence-corrected chi connectivity index (χ0v) is 13.2. The molecule has 1 fully saturated rings. The molecule has 2 heterocycles. The van der Waals surface area contributed by atoms with Gasteiger partial charge in [0.2, 0.25) is 11.8 Å². The number of rotatable bonds is 4. The number of likely N-dealkylation sites (N-methyl/N-ethyl adjacent to an activating group) is 1. The van der Waals surface area contributed by atoms with Crippen LogP contribution in [-0.4, -0.2) is 54.7 Å². The molecule has 1 aromatic rings. The van der Waals surface area contributed by atoms with Gasteiger partial charge in [-0.25, -0.2) is 0 Å². The lowest BCUT2D eigenvalue weighted by molar-refractivity contribution is -0.136. The Morgan fingerprint density at radius 2 is 1.92 bits per heavy atom. The third-order valence-electron chi connectivity index (χ3n) is 4.33. The van der Waals surface area contributed by atoms with Gasteiger partial charge in [0, 0.05) is 32.2 Å². The van der Waals surface area contributed by atoms with Crippen molar-refractivity contribution in [1.29, 1.82) is 0 Å². The quantitative estimate of drug-likeness (QED) is 0.719. The number of hydrogen-bond donors (Lipinski definition) is 2. The van der Waals surface area contributed by atoms with Gasteiger partial charge in [0.15, 0.2) is 0 Å². The Balaban J connectivity index is 1.91. The molecule has 24 heavy (non-hydrogen) atoms. The van der Waals surface area contributed by atoms with Crippen LogP contribution in [0.1, 0.15) is 33.6 Å². The molecule has 3 rings (SSSR count). The molecule has 2 aliphatic heterocycles. The standard InChI is InChI=1S/C16H18N4O4/c1-19(7-6-17)9-2-3-10-11(8-9)16(24)20(15(10)23)12-4-5-13(21)18-14(12)22/h2-3,8,12H,4-7,17H2,1H3,(H,18,21,22). The maximum absolute atomic E-state index is 12.7. The van der Waals surface area contributed by atoms with Gasteiger partial charge in [-0.2, -0.15) is 0 Å². The van der Waals surface area contributed by atoms with Crippen LogP contribution in [0.15, 0.2) is 18.2 Å². The highest BCUT2D eigenvalue weighted by molar-refractivity contribution is 6.23. The number of hydrogen-bond acceptors (Lipinski definition) is 6. The minimum absolute atomic E-state index is 0.105. The summed E-state index contributed by atoms with van der Waals surface area (Å²) in [6, 6.07) is 4.02. The number of nitrogens with two attached hydrogens (primary N) is 1. The van der Waals surface area contributed by atoms with Crippen molar-refractivity contribution in [3.8, 4) is 0 Å². The summed E-state index contributed by atoms with van der Waals surface area (Å²) >= 11 is 0. The van der Waals surface area contributed by atoms with Crippen molar-refractivity contribution in [3.05, 3.63) is 29.3 Å². The number of carbonyl (C=O) groups is 4. The number of imide groups is 2. The van der Waals surface area contributed by atoms with Gasteiger partial charge < -0.3 is 10.6 Å². The van der Waals surface area contributed by atoms with Gasteiger partial charge in [-0.05, 0) is 24.6 Å². The van der Waals surface area contributed by atoms with Gasteiger partial charge in [0.1, 0.15) is 6.04 Å². The number of amides is 4. The highest BCUT2D eigenvalue weighted by atomic mass is 16.2. The number of fused-ring (bicyclic) bond motifs is 1. The van der Waals surface area contributed by atoms with E-state index in [9.17, 15) is 19.2 Å². The molecular formula is C16H18N4O4. The predicted molar refractivity (Wildman–Crippen MR) is 85.4 cm³/mol. The number of carbonyl (C=O) groups excluding carboxylic acids is 4. The first-order chi connectivity index (χ1) is 11.4. The molecule has 0 spiro atoms. The summed E-state index contributed by atoms with van der Waals surface area (Å²) in [5.74, 6) is -2.01. The summed E-state index contributed by atoms with van der Waals surface area (Å²) in [6.07, 6.45) is 0.254. The molecule has 1 atom stereocenters. The third kappa shape index (κ3) is 2.54. The number of nitrogens with zero attached hydrogens (tertiary/aromatic N) is 2. The molecule has 126 valence electrons. The Bertz CT molecular complexity index is 746. The van der Waals surface area contributed by atoms with Crippen molar-refractivity contribution in [2.24, 2.45) is 5.73 Å². The highest BCUT2D eigenvalue weighted by Crippen LogP contribution is 2.30. The van der Waals surface area contributed by atoms with Crippen molar-refractivity contribution in [1.82, 2.24) is 10.2 Å². The molecule has 8 heteroatoms. The normalized spacial score (nSPS) is 20.2. The smallest absolute Gasteiger partial charge is 0.262 e. The Hall–Kier alpha value is -2.74. The third-order valence-corrected chi connectivity index (χ3v) is 4.33. The molecular weight excluding hydrogens is 312 g/mol. The van der Waals surface area contributed by atoms with E-state index in [-0.39, 0.29) is 24.0 Å². The number of benzene rings is 1. The second-order valence-electron chi connectivity index (χ2n) is 5.89. The lowest BCUT2D eigenvalue weighted by atomic mass is 10.0. The SMILES string of the molecule is CN(CCN)c1ccc2c(c1)C(=O)N(C1CCC(=O)NC1=O)C2=O. The second kappa shape index (κ2) is 6.04. The molecule has 3 N–H and O–H groups in total. The van der Waals surface area contributed by atoms with Crippen molar-refractivity contribution < 1.29 is 19.2 Å². The van der Waals surface area contributed by atoms with Crippen LogP contribution in [0.3, 0.4) is 0 Å². The van der Waals surface area contributed by atoms with Crippen LogP contribution in [0.5, 0.6) is 0 Å². The predicted octanol–water partition coefficient (Wildman–Crippen LogP) is -0.517. The maximum atomic E-state index is 12.7. The molecule has 0 aromatic heterocycles. The lowest BCUT2D eigenvalue weighted by Gasteiger charge is -2.27. The van der Waals surface area contributed by atoms with E-state index in [1.165, 1.54) is 0 Å². The van der Waals surface area contributed by atoms with E-state index < -0.39 is 29.7 Å². The fourth-order valence-corrected chi connectivity index (χ4v) is 3.02. The lowest BCUT2D eigenvalue weighted by Crippen LogP contribution is -2.54. The maximum Gasteiger partial charge on any atom is 0.262 e. The average Bonchev–Trinajstić information content (AvgIpc) is 2.79. The van der Waals surface area contributed by atoms with Crippen LogP contribution in [0.25, 0.3) is 0 Å². The van der Waals surface area contributed by atoms with Gasteiger partial charge in [0.05, 0.1) is 11.1 Å². The Morgan fingerprint density at radius 3 is 2.58 bits per heavy atom. The monoisotopic (exact) mass is 330 g/mol. The fraction of sp³-hybridized carbons (Fsp3) is 0.375. The van der Waals surface area contributed by atoms with Gasteiger partial charge >= 0.3 is 0 Å². The van der Waals surface area contributed by atoms with E-state index in [1.807, 2.05) is 11.9 Å². The molecule has 4 amide bonds. The molecule has 2 aliphatic rings. The first-order valence-electron chi connectivity index (χ1n) is 7.71. The summed E-state index contributed by atoms with van der Waals surface area (Å²) in [4.78, 5) is 51.3. The van der Waals surface area contributed by atoms with Gasteiger partial charge in [-0.1, -0.05) is 0 Å². The van der Waals surface area contributed by atoms with E-state index in [0.29, 0.717) is 13.1 Å². The average molecular weight is 330 g/mol. The number of anilines is 1. The van der Waals surface area contributed by atoms with E-state index in [1.54, 1.807) is 18.2 Å². The van der Waals surface area contributed by atoms with Crippen LogP contribution in [0.4, 0.5) is 5.69 Å². The Kier molecular flexibility index (Phi) is 4.06. The molecule has 0 bridgehead atoms. The number of piperidine rings is 1. The molecule has 1 saturated heterocycles. The summed E-state index contributed by atoms with van der Waals surface area (Å²) in [7, 11) is 1.84. The molecule has 8 nitrogen and oxygen atoms in total. The van der Waals surface area contributed by atoms with Gasteiger partial charge in [-0.3, -0.25) is 29.4 Å². The minimum Gasteiger partial charge on any atom is -0.373 e. The number of nitrogens with one attached hydrogen (secondary N) is 1. The summed E-state index contributed by atoms with van der Waals surface area (Å²) in [5.41, 5.74) is 6.84. The van der Waals surface area contributed by atoms with Gasteiger partial charge in [0.25, 0.3) is 11.8 Å². The largest absolute Gasteiger partial charge is 0.373 e. The summed E-state index contributed by atoms with van der Waals surface area (Å²) < 4.78 is 0. The molecule has 0 saturated carbocycles. The van der Waals surface area contributed by atoms with Crippen LogP contribution >= 0.6 is 0 Å². The zero-order valence-electron chi connectivity index (χ0n) is 13.2. The van der Waals surface area contributed by atoms with E-state index in [4.69, 9.17) is 5.73 Å². The molecule has 1 aromatic carbocycles. The molecule has 1 unspecified atom stereocenters. The van der Waals surface area contributed by atoms with Crippen molar-refractivity contribution in [2.75, 3.05) is 25.0 Å². The molecule has 0 aliphatic carbocycles. The van der Waals surface area contributed by atoms with Crippen LogP contribution in [-0.2, 0) is 9.59 Å². The highest BCUT2D eigenvalue weighted by Gasteiger charge is 2.44. The van der Waals surface area contributed by atoms with Gasteiger partial charge in [-0.15, -0.1) is 0 Å².